The van der Waals surface area contributed by atoms with Gasteiger partial charge in [-0.25, -0.2) is 14.5 Å². The Morgan fingerprint density at radius 2 is 1.67 bits per heavy atom. The number of hydrogen-bond donors (Lipinski definition) is 1. The second kappa shape index (κ2) is 11.3. The molecule has 4 aromatic rings. The van der Waals surface area contributed by atoms with Crippen LogP contribution in [0.2, 0.25) is 0 Å². The van der Waals surface area contributed by atoms with Gasteiger partial charge in [0.05, 0.1) is 16.6 Å². The van der Waals surface area contributed by atoms with Crippen LogP contribution in [0, 0.1) is 20.8 Å². The van der Waals surface area contributed by atoms with Gasteiger partial charge in [0, 0.05) is 11.3 Å². The Labute approximate surface area is 243 Å². The molecule has 1 N–H and O–H groups in total. The zero-order valence-electron chi connectivity index (χ0n) is 22.9. The summed E-state index contributed by atoms with van der Waals surface area (Å²) >= 11 is 1.23. The van der Waals surface area contributed by atoms with E-state index in [1.165, 1.54) is 51.9 Å². The number of hydrogen-bond acceptors (Lipinski definition) is 6. The number of nitrogens with one attached hydrogen (secondary N) is 1. The number of aryl methyl sites for hydroxylation is 3. The first kappa shape index (κ1) is 28.9. The van der Waals surface area contributed by atoms with Gasteiger partial charge < -0.3 is 10.1 Å². The fourth-order valence-electron chi connectivity index (χ4n) is 4.61. The molecule has 216 valence electrons. The summed E-state index contributed by atoms with van der Waals surface area (Å²) in [6.45, 7) is 7.62. The molecule has 13 heteroatoms. The van der Waals surface area contributed by atoms with Crippen LogP contribution in [0.15, 0.2) is 72.0 Å². The van der Waals surface area contributed by atoms with Crippen molar-refractivity contribution >= 4 is 40.2 Å². The number of anilines is 2. The van der Waals surface area contributed by atoms with Gasteiger partial charge in [0.1, 0.15) is 12.1 Å². The normalized spacial score (nSPS) is 16.3. The molecule has 0 saturated carbocycles. The van der Waals surface area contributed by atoms with Crippen LogP contribution in [0.3, 0.4) is 0 Å². The number of carbonyl (C=O) groups excluding carboxylic acids is 2. The highest BCUT2D eigenvalue weighted by Crippen LogP contribution is 2.36. The van der Waals surface area contributed by atoms with Crippen molar-refractivity contribution in [2.75, 3.05) is 10.2 Å². The molecule has 0 radical (unpaired) electrons. The summed E-state index contributed by atoms with van der Waals surface area (Å²) in [6.07, 6.45) is -3.33. The van der Waals surface area contributed by atoms with Gasteiger partial charge in [-0.2, -0.15) is 4.99 Å². The van der Waals surface area contributed by atoms with Gasteiger partial charge in [0.25, 0.3) is 0 Å². The second-order valence-corrected chi connectivity index (χ2v) is 10.9. The van der Waals surface area contributed by atoms with Gasteiger partial charge in [0.15, 0.2) is 11.0 Å². The maximum absolute atomic E-state index is 13.0. The number of benzene rings is 3. The van der Waals surface area contributed by atoms with Crippen LogP contribution in [0.1, 0.15) is 23.6 Å². The first-order chi connectivity index (χ1) is 19.9. The fourth-order valence-corrected chi connectivity index (χ4v) is 5.55. The first-order valence-electron chi connectivity index (χ1n) is 12.7. The molecular formula is C29H25F3N6O3S. The number of amidine groups is 1. The number of thioether (sulfide) groups is 1. The lowest BCUT2D eigenvalue weighted by molar-refractivity contribution is -0.274. The minimum absolute atomic E-state index is 0.136. The Kier molecular flexibility index (Phi) is 7.78. The zero-order valence-corrected chi connectivity index (χ0v) is 23.7. The number of halogens is 3. The number of nitrogens with zero attached hydrogens (tertiary/aromatic N) is 5. The van der Waals surface area contributed by atoms with E-state index in [4.69, 9.17) is 0 Å². The van der Waals surface area contributed by atoms with E-state index in [0.29, 0.717) is 27.9 Å². The van der Waals surface area contributed by atoms with Crippen molar-refractivity contribution < 1.29 is 27.5 Å². The summed E-state index contributed by atoms with van der Waals surface area (Å²) in [5.41, 5.74) is 5.27. The summed E-state index contributed by atoms with van der Waals surface area (Å²) in [6, 6.07) is 15.3. The lowest BCUT2D eigenvalue weighted by Crippen LogP contribution is -2.33. The van der Waals surface area contributed by atoms with Gasteiger partial charge in [-0.1, -0.05) is 29.5 Å². The number of carbonyl (C=O) groups is 2. The molecule has 1 fully saturated rings. The highest BCUT2D eigenvalue weighted by Gasteiger charge is 2.38. The monoisotopic (exact) mass is 594 g/mol. The van der Waals surface area contributed by atoms with Crippen molar-refractivity contribution in [3.63, 3.8) is 0 Å². The average Bonchev–Trinajstić information content (AvgIpc) is 3.49. The standard InChI is InChI=1S/C29H25F3N6O3S/c1-16-13-17(2)24(18(3)14-16)38-26(39)19(4)42-28(38)35-27(40)34-21-7-5-20(6-8-21)25-33-15-37(36-25)22-9-11-23(12-10-22)41-29(30,31)32/h5-15,19H,1-4H3,(H,34,40)/b35-28-. The molecule has 42 heavy (non-hydrogen) atoms. The van der Waals surface area contributed by atoms with Crippen LogP contribution in [0.5, 0.6) is 5.75 Å². The van der Waals surface area contributed by atoms with E-state index in [2.05, 4.69) is 25.1 Å². The zero-order chi connectivity index (χ0) is 30.2. The predicted molar refractivity (Wildman–Crippen MR) is 155 cm³/mol. The van der Waals surface area contributed by atoms with Crippen LogP contribution in [-0.4, -0.2) is 43.5 Å². The van der Waals surface area contributed by atoms with Crippen molar-refractivity contribution in [1.82, 2.24) is 14.8 Å². The Hall–Kier alpha value is -4.65. The van der Waals surface area contributed by atoms with Crippen LogP contribution in [0.4, 0.5) is 29.3 Å². The molecule has 5 rings (SSSR count). The second-order valence-electron chi connectivity index (χ2n) is 9.64. The van der Waals surface area contributed by atoms with Crippen LogP contribution >= 0.6 is 11.8 Å². The summed E-state index contributed by atoms with van der Waals surface area (Å²) in [7, 11) is 0. The van der Waals surface area contributed by atoms with Gasteiger partial charge in [-0.05, 0) is 87.4 Å². The molecule has 1 aliphatic rings. The molecule has 1 saturated heterocycles. The van der Waals surface area contributed by atoms with E-state index in [0.717, 1.165) is 22.4 Å². The Bertz CT molecular complexity index is 1660. The van der Waals surface area contributed by atoms with Gasteiger partial charge in [-0.3, -0.25) is 9.69 Å². The molecule has 0 bridgehead atoms. The maximum atomic E-state index is 13.0. The molecule has 1 atom stereocenters. The number of rotatable bonds is 5. The van der Waals surface area contributed by atoms with Crippen molar-refractivity contribution in [3.8, 4) is 22.8 Å². The SMILES string of the molecule is Cc1cc(C)c(N2C(=O)C(C)S/C2=N\C(=O)Nc2ccc(-c3ncn(-c4ccc(OC(F)(F)F)cc4)n3)cc2)c(C)c1. The van der Waals surface area contributed by atoms with Crippen LogP contribution in [0.25, 0.3) is 17.1 Å². The summed E-state index contributed by atoms with van der Waals surface area (Å²) < 4.78 is 42.5. The number of aromatic nitrogens is 3. The third-order valence-electron chi connectivity index (χ3n) is 6.32. The minimum atomic E-state index is -4.77. The molecule has 0 spiro atoms. The van der Waals surface area contributed by atoms with Crippen molar-refractivity contribution in [2.45, 2.75) is 39.3 Å². The van der Waals surface area contributed by atoms with E-state index < -0.39 is 12.4 Å². The molecule has 1 aromatic heterocycles. The van der Waals surface area contributed by atoms with Gasteiger partial charge in [0.2, 0.25) is 5.91 Å². The lowest BCUT2D eigenvalue weighted by atomic mass is 10.0. The largest absolute Gasteiger partial charge is 0.573 e. The first-order valence-corrected chi connectivity index (χ1v) is 13.6. The Morgan fingerprint density at radius 1 is 1.02 bits per heavy atom. The highest BCUT2D eigenvalue weighted by molar-refractivity contribution is 8.16. The number of alkyl halides is 3. The van der Waals surface area contributed by atoms with E-state index >= 15 is 0 Å². The highest BCUT2D eigenvalue weighted by atomic mass is 32.2. The quantitative estimate of drug-likeness (QED) is 0.272. The fraction of sp³-hybridized carbons (Fsp3) is 0.207. The molecule has 2 heterocycles. The van der Waals surface area contributed by atoms with Gasteiger partial charge >= 0.3 is 12.4 Å². The number of amides is 3. The number of ether oxygens (including phenoxy) is 1. The minimum Gasteiger partial charge on any atom is -0.406 e. The summed E-state index contributed by atoms with van der Waals surface area (Å²) in [5, 5.41) is 7.03. The molecule has 1 aliphatic heterocycles. The van der Waals surface area contributed by atoms with Crippen molar-refractivity contribution in [2.24, 2.45) is 4.99 Å². The Balaban J connectivity index is 1.28. The van der Waals surface area contributed by atoms with Crippen molar-refractivity contribution in [1.29, 1.82) is 0 Å². The van der Waals surface area contributed by atoms with Crippen LogP contribution < -0.4 is 15.0 Å². The lowest BCUT2D eigenvalue weighted by Gasteiger charge is -2.21. The van der Waals surface area contributed by atoms with Gasteiger partial charge in [-0.15, -0.1) is 18.3 Å². The van der Waals surface area contributed by atoms with Crippen molar-refractivity contribution in [3.05, 3.63) is 83.7 Å². The van der Waals surface area contributed by atoms with E-state index in [-0.39, 0.29) is 16.9 Å². The van der Waals surface area contributed by atoms with Crippen LogP contribution in [-0.2, 0) is 4.79 Å². The van der Waals surface area contributed by atoms with E-state index in [9.17, 15) is 22.8 Å². The molecule has 1 unspecified atom stereocenters. The Morgan fingerprint density at radius 3 is 2.29 bits per heavy atom. The molecular weight excluding hydrogens is 569 g/mol. The molecule has 3 amide bonds. The third-order valence-corrected chi connectivity index (χ3v) is 7.36. The topological polar surface area (TPSA) is 102 Å². The maximum Gasteiger partial charge on any atom is 0.573 e. The molecule has 9 nitrogen and oxygen atoms in total. The smallest absolute Gasteiger partial charge is 0.406 e. The number of urea groups is 1. The molecule has 3 aromatic carbocycles. The van der Waals surface area contributed by atoms with E-state index in [1.54, 1.807) is 31.2 Å². The average molecular weight is 595 g/mol. The number of aliphatic imine (C=N–C) groups is 1. The predicted octanol–water partition coefficient (Wildman–Crippen LogP) is 6.81. The third kappa shape index (κ3) is 6.30. The summed E-state index contributed by atoms with van der Waals surface area (Å²) in [4.78, 5) is 35.9. The molecule has 0 aliphatic carbocycles. The summed E-state index contributed by atoms with van der Waals surface area (Å²) in [5.74, 6) is -0.100. The van der Waals surface area contributed by atoms with E-state index in [1.807, 2.05) is 32.9 Å².